The highest BCUT2D eigenvalue weighted by molar-refractivity contribution is 9.10. The van der Waals surface area contributed by atoms with Crippen LogP contribution in [-0.4, -0.2) is 38.9 Å². The molecule has 2 aliphatic rings. The Hall–Kier alpha value is -2.16. The monoisotopic (exact) mass is 420 g/mol. The van der Waals surface area contributed by atoms with Crippen LogP contribution in [0.15, 0.2) is 16.7 Å². The van der Waals surface area contributed by atoms with Gasteiger partial charge in [-0.2, -0.15) is 10.1 Å². The van der Waals surface area contributed by atoms with Gasteiger partial charge in [0.2, 0.25) is 5.95 Å². The first-order valence-electron chi connectivity index (χ1n) is 8.82. The van der Waals surface area contributed by atoms with Crippen LogP contribution in [0.1, 0.15) is 44.8 Å². The normalized spacial score (nSPS) is 22.3. The van der Waals surface area contributed by atoms with E-state index < -0.39 is 5.41 Å². The van der Waals surface area contributed by atoms with E-state index in [9.17, 15) is 4.79 Å². The number of halogens is 1. The molecule has 0 unspecified atom stereocenters. The highest BCUT2D eigenvalue weighted by Gasteiger charge is 2.44. The van der Waals surface area contributed by atoms with E-state index >= 15 is 0 Å². The Morgan fingerprint density at radius 1 is 1.46 bits per heavy atom. The molecule has 26 heavy (non-hydrogen) atoms. The lowest BCUT2D eigenvalue weighted by molar-refractivity contribution is -0.142. The lowest BCUT2D eigenvalue weighted by Gasteiger charge is -2.15. The topological polar surface area (TPSA) is 94.0 Å². The fraction of sp³-hybridized carbons (Fsp3) is 0.529. The first kappa shape index (κ1) is 17.3. The van der Waals surface area contributed by atoms with Crippen LogP contribution in [0.5, 0.6) is 0 Å². The van der Waals surface area contributed by atoms with Gasteiger partial charge in [-0.3, -0.25) is 4.79 Å². The lowest BCUT2D eigenvalue weighted by atomic mass is 9.85. The third-order valence-electron chi connectivity index (χ3n) is 4.81. The maximum atomic E-state index is 12.2. The van der Waals surface area contributed by atoms with Gasteiger partial charge >= 0.3 is 5.97 Å². The summed E-state index contributed by atoms with van der Waals surface area (Å²) in [6, 6.07) is 2.28. The van der Waals surface area contributed by atoms with Gasteiger partial charge in [0.25, 0.3) is 0 Å². The molecule has 8 nitrogen and oxygen atoms in total. The number of carbonyl (C=O) groups excluding carboxylic acids is 1. The molecule has 1 aliphatic carbocycles. The second kappa shape index (κ2) is 6.53. The summed E-state index contributed by atoms with van der Waals surface area (Å²) in [5.74, 6) is 1.80. The van der Waals surface area contributed by atoms with Gasteiger partial charge in [-0.15, -0.1) is 0 Å². The number of nitrogens with zero attached hydrogens (tertiary/aromatic N) is 4. The predicted molar refractivity (Wildman–Crippen MR) is 101 cm³/mol. The Bertz CT molecular complexity index is 850. The van der Waals surface area contributed by atoms with E-state index in [1.54, 1.807) is 6.20 Å². The molecule has 1 aliphatic heterocycles. The molecule has 1 saturated heterocycles. The molecule has 3 heterocycles. The molecule has 1 saturated carbocycles. The zero-order valence-corrected chi connectivity index (χ0v) is 16.3. The minimum Gasteiger partial charge on any atom is -0.465 e. The molecule has 138 valence electrons. The first-order valence-corrected chi connectivity index (χ1v) is 9.61. The van der Waals surface area contributed by atoms with Gasteiger partial charge in [-0.05, 0) is 42.6 Å². The molecule has 2 aromatic rings. The van der Waals surface area contributed by atoms with Crippen molar-refractivity contribution in [2.45, 2.75) is 44.6 Å². The summed E-state index contributed by atoms with van der Waals surface area (Å²) in [5.41, 5.74) is 0.0462. The third kappa shape index (κ3) is 3.04. The van der Waals surface area contributed by atoms with Crippen molar-refractivity contribution in [2.75, 3.05) is 23.8 Å². The van der Waals surface area contributed by atoms with E-state index in [0.29, 0.717) is 25.0 Å². The van der Waals surface area contributed by atoms with Crippen LogP contribution in [-0.2, 0) is 14.9 Å². The average molecular weight is 421 g/mol. The van der Waals surface area contributed by atoms with Gasteiger partial charge in [0, 0.05) is 25.2 Å². The number of cyclic esters (lactones) is 1. The number of nitrogens with one attached hydrogen (secondary N) is 2. The van der Waals surface area contributed by atoms with Crippen molar-refractivity contribution in [3.63, 3.8) is 0 Å². The van der Waals surface area contributed by atoms with Crippen LogP contribution in [0, 0.1) is 0 Å². The standard InChI is InChI=1S/C17H21BrN6O2/c1-3-19-14-11(18)9-20-16(22-14)21-13-8-12(23-24(13)10-4-5-10)17(2)6-7-26-15(17)25/h8-10H,3-7H2,1-2H3,(H2,19,20,21,22)/t17-/m0/s1. The predicted octanol–water partition coefficient (Wildman–Crippen LogP) is 3.15. The Labute approximate surface area is 159 Å². The number of hydrogen-bond acceptors (Lipinski definition) is 7. The van der Waals surface area contributed by atoms with Gasteiger partial charge < -0.3 is 15.4 Å². The van der Waals surface area contributed by atoms with Crippen molar-refractivity contribution in [1.82, 2.24) is 19.7 Å². The van der Waals surface area contributed by atoms with E-state index in [4.69, 9.17) is 9.84 Å². The summed E-state index contributed by atoms with van der Waals surface area (Å²) in [6.45, 7) is 5.11. The van der Waals surface area contributed by atoms with E-state index in [-0.39, 0.29) is 5.97 Å². The maximum Gasteiger partial charge on any atom is 0.318 e. The molecule has 0 spiro atoms. The first-order chi connectivity index (χ1) is 12.5. The molecule has 2 fully saturated rings. The number of hydrogen-bond donors (Lipinski definition) is 2. The molecule has 9 heteroatoms. The number of ether oxygens (including phenoxy) is 1. The smallest absolute Gasteiger partial charge is 0.318 e. The van der Waals surface area contributed by atoms with Crippen LogP contribution >= 0.6 is 15.9 Å². The quantitative estimate of drug-likeness (QED) is 0.692. The lowest BCUT2D eigenvalue weighted by Crippen LogP contribution is -2.28. The molecule has 0 aromatic carbocycles. The van der Waals surface area contributed by atoms with Crippen molar-refractivity contribution in [1.29, 1.82) is 0 Å². The minimum atomic E-state index is -0.688. The summed E-state index contributed by atoms with van der Waals surface area (Å²) in [6.07, 6.45) is 4.52. The van der Waals surface area contributed by atoms with Crippen molar-refractivity contribution in [2.24, 2.45) is 0 Å². The van der Waals surface area contributed by atoms with Crippen molar-refractivity contribution >= 4 is 39.5 Å². The summed E-state index contributed by atoms with van der Waals surface area (Å²) in [4.78, 5) is 21.0. The summed E-state index contributed by atoms with van der Waals surface area (Å²) >= 11 is 3.44. The number of aromatic nitrogens is 4. The molecule has 1 atom stereocenters. The van der Waals surface area contributed by atoms with Gasteiger partial charge in [0.05, 0.1) is 22.8 Å². The Kier molecular flexibility index (Phi) is 4.34. The minimum absolute atomic E-state index is 0.209. The van der Waals surface area contributed by atoms with E-state index in [0.717, 1.165) is 41.2 Å². The van der Waals surface area contributed by atoms with Gasteiger partial charge in [0.1, 0.15) is 17.1 Å². The Morgan fingerprint density at radius 3 is 2.92 bits per heavy atom. The number of anilines is 3. The largest absolute Gasteiger partial charge is 0.465 e. The number of carbonyl (C=O) groups is 1. The molecule has 0 bridgehead atoms. The van der Waals surface area contributed by atoms with Crippen LogP contribution < -0.4 is 10.6 Å². The van der Waals surface area contributed by atoms with Crippen molar-refractivity contribution in [3.05, 3.63) is 22.4 Å². The second-order valence-electron chi connectivity index (χ2n) is 6.85. The molecule has 4 rings (SSSR count). The third-order valence-corrected chi connectivity index (χ3v) is 5.39. The van der Waals surface area contributed by atoms with Crippen LogP contribution in [0.2, 0.25) is 0 Å². The number of rotatable bonds is 6. The molecule has 2 aromatic heterocycles. The van der Waals surface area contributed by atoms with Crippen LogP contribution in [0.4, 0.5) is 17.6 Å². The summed E-state index contributed by atoms with van der Waals surface area (Å²) in [5, 5.41) is 11.2. The van der Waals surface area contributed by atoms with Gasteiger partial charge in [-0.25, -0.2) is 9.67 Å². The van der Waals surface area contributed by atoms with Gasteiger partial charge in [-0.1, -0.05) is 0 Å². The average Bonchev–Trinajstić information content (AvgIpc) is 3.29. The van der Waals surface area contributed by atoms with Crippen molar-refractivity contribution < 1.29 is 9.53 Å². The molecule has 0 amide bonds. The highest BCUT2D eigenvalue weighted by Crippen LogP contribution is 2.41. The molecule has 0 radical (unpaired) electrons. The molecular formula is C17H21BrN6O2. The molecular weight excluding hydrogens is 400 g/mol. The van der Waals surface area contributed by atoms with Gasteiger partial charge in [0.15, 0.2) is 0 Å². The maximum absolute atomic E-state index is 12.2. The highest BCUT2D eigenvalue weighted by atomic mass is 79.9. The Balaban J connectivity index is 1.66. The SMILES string of the molecule is CCNc1nc(Nc2cc([C@]3(C)CCOC3=O)nn2C2CC2)ncc1Br. The fourth-order valence-corrected chi connectivity index (χ4v) is 3.36. The van der Waals surface area contributed by atoms with Crippen LogP contribution in [0.25, 0.3) is 0 Å². The summed E-state index contributed by atoms with van der Waals surface area (Å²) < 4.78 is 7.93. The van der Waals surface area contributed by atoms with E-state index in [1.165, 1.54) is 0 Å². The number of esters is 1. The zero-order chi connectivity index (χ0) is 18.3. The van der Waals surface area contributed by atoms with Crippen LogP contribution in [0.3, 0.4) is 0 Å². The van der Waals surface area contributed by atoms with Crippen molar-refractivity contribution in [3.8, 4) is 0 Å². The second-order valence-corrected chi connectivity index (χ2v) is 7.71. The summed E-state index contributed by atoms with van der Waals surface area (Å²) in [7, 11) is 0. The zero-order valence-electron chi connectivity index (χ0n) is 14.8. The van der Waals surface area contributed by atoms with E-state index in [2.05, 4.69) is 36.5 Å². The fourth-order valence-electron chi connectivity index (χ4n) is 3.03. The Morgan fingerprint density at radius 2 is 2.27 bits per heavy atom. The molecule has 2 N–H and O–H groups in total. The van der Waals surface area contributed by atoms with E-state index in [1.807, 2.05) is 24.6 Å².